The number of carboxylic acids is 1. The van der Waals surface area contributed by atoms with Crippen molar-refractivity contribution in [3.05, 3.63) is 29.6 Å². The summed E-state index contributed by atoms with van der Waals surface area (Å²) in [5.74, 6) is -0.699. The molecule has 2 aromatic heterocycles. The van der Waals surface area contributed by atoms with Crippen molar-refractivity contribution in [2.45, 2.75) is 44.8 Å². The molecule has 1 saturated heterocycles. The van der Waals surface area contributed by atoms with E-state index in [4.69, 9.17) is 10.00 Å². The van der Waals surface area contributed by atoms with Gasteiger partial charge in [-0.1, -0.05) is 0 Å². The van der Waals surface area contributed by atoms with Crippen LogP contribution in [0.25, 0.3) is 11.0 Å². The molecule has 0 radical (unpaired) electrons. The minimum atomic E-state index is -1.05. The molecule has 0 amide bonds. The van der Waals surface area contributed by atoms with Crippen LogP contribution in [0.3, 0.4) is 0 Å². The highest BCUT2D eigenvalue weighted by Gasteiger charge is 2.30. The predicted octanol–water partition coefficient (Wildman–Crippen LogP) is 2.93. The van der Waals surface area contributed by atoms with E-state index in [-0.39, 0.29) is 17.8 Å². The Morgan fingerprint density at radius 2 is 2.35 bits per heavy atom. The molecule has 0 spiro atoms. The molecular weight excluding hydrogens is 294 g/mol. The summed E-state index contributed by atoms with van der Waals surface area (Å²) in [7, 11) is 0. The van der Waals surface area contributed by atoms with Crippen molar-refractivity contribution in [1.82, 2.24) is 9.55 Å². The Morgan fingerprint density at radius 3 is 3.00 bits per heavy atom. The molecule has 0 aromatic carbocycles. The molecule has 0 aliphatic carbocycles. The Balaban J connectivity index is 2.03. The SMILES string of the molecule is CC1(C)CC(c2cnc3c(c2)cc(C(=O)O)n3CC#N)CCO1. The number of aromatic carboxylic acids is 1. The molecule has 3 rings (SSSR count). The summed E-state index contributed by atoms with van der Waals surface area (Å²) in [5.41, 5.74) is 1.58. The average Bonchev–Trinajstić information content (AvgIpc) is 2.85. The number of hydrogen-bond donors (Lipinski definition) is 1. The van der Waals surface area contributed by atoms with Crippen molar-refractivity contribution < 1.29 is 14.6 Å². The smallest absolute Gasteiger partial charge is 0.352 e. The van der Waals surface area contributed by atoms with Crippen LogP contribution in [0.1, 0.15) is 48.7 Å². The van der Waals surface area contributed by atoms with Crippen LogP contribution in [-0.4, -0.2) is 32.8 Å². The fraction of sp³-hybridized carbons (Fsp3) is 0.471. The molecule has 1 fully saturated rings. The first-order chi connectivity index (χ1) is 10.9. The number of fused-ring (bicyclic) bond motifs is 1. The lowest BCUT2D eigenvalue weighted by atomic mass is 9.84. The molecule has 1 N–H and O–H groups in total. The van der Waals surface area contributed by atoms with Gasteiger partial charge in [0.05, 0.1) is 11.7 Å². The molecule has 120 valence electrons. The monoisotopic (exact) mass is 313 g/mol. The lowest BCUT2D eigenvalue weighted by Crippen LogP contribution is -2.33. The fourth-order valence-corrected chi connectivity index (χ4v) is 3.31. The quantitative estimate of drug-likeness (QED) is 0.941. The third kappa shape index (κ3) is 2.92. The number of carboxylic acid groups (broad SMARTS) is 1. The normalized spacial score (nSPS) is 20.3. The second-order valence-electron chi connectivity index (χ2n) is 6.56. The van der Waals surface area contributed by atoms with E-state index in [9.17, 15) is 9.90 Å². The zero-order chi connectivity index (χ0) is 16.6. The van der Waals surface area contributed by atoms with Crippen LogP contribution in [0.2, 0.25) is 0 Å². The molecule has 1 aliphatic heterocycles. The van der Waals surface area contributed by atoms with Gasteiger partial charge in [0, 0.05) is 18.2 Å². The second-order valence-corrected chi connectivity index (χ2v) is 6.56. The number of rotatable bonds is 3. The molecule has 0 saturated carbocycles. The van der Waals surface area contributed by atoms with Gasteiger partial charge in [0.15, 0.2) is 0 Å². The molecule has 0 bridgehead atoms. The summed E-state index contributed by atoms with van der Waals surface area (Å²) in [5, 5.41) is 19.0. The standard InChI is InChI=1S/C17H19N3O3/c1-17(2)9-11(3-6-23-17)13-7-12-8-14(16(21)22)20(5-4-18)15(12)19-10-13/h7-8,10-11H,3,5-6,9H2,1-2H3,(H,21,22). The molecule has 3 heterocycles. The minimum Gasteiger partial charge on any atom is -0.477 e. The highest BCUT2D eigenvalue weighted by atomic mass is 16.5. The van der Waals surface area contributed by atoms with Crippen LogP contribution in [-0.2, 0) is 11.3 Å². The molecule has 6 nitrogen and oxygen atoms in total. The van der Waals surface area contributed by atoms with Gasteiger partial charge in [-0.15, -0.1) is 0 Å². The zero-order valence-corrected chi connectivity index (χ0v) is 13.2. The van der Waals surface area contributed by atoms with E-state index in [0.717, 1.165) is 23.8 Å². The van der Waals surface area contributed by atoms with Crippen molar-refractivity contribution >= 4 is 17.0 Å². The lowest BCUT2D eigenvalue weighted by molar-refractivity contribution is -0.0593. The second kappa shape index (κ2) is 5.67. The molecule has 6 heteroatoms. The Bertz CT molecular complexity index is 801. The van der Waals surface area contributed by atoms with Crippen molar-refractivity contribution in [2.24, 2.45) is 0 Å². The first kappa shape index (κ1) is 15.5. The van der Waals surface area contributed by atoms with Crippen molar-refractivity contribution in [2.75, 3.05) is 6.61 Å². The van der Waals surface area contributed by atoms with Gasteiger partial charge in [-0.2, -0.15) is 5.26 Å². The van der Waals surface area contributed by atoms with E-state index in [1.54, 1.807) is 12.3 Å². The molecule has 2 aromatic rings. The van der Waals surface area contributed by atoms with E-state index in [1.807, 2.05) is 12.1 Å². The predicted molar refractivity (Wildman–Crippen MR) is 84.3 cm³/mol. The van der Waals surface area contributed by atoms with Crippen LogP contribution in [0.15, 0.2) is 18.3 Å². The van der Waals surface area contributed by atoms with Crippen LogP contribution in [0, 0.1) is 11.3 Å². The van der Waals surface area contributed by atoms with Crippen LogP contribution >= 0.6 is 0 Å². The summed E-state index contributed by atoms with van der Waals surface area (Å²) in [6.45, 7) is 4.85. The molecule has 1 atom stereocenters. The molecule has 1 aliphatic rings. The van der Waals surface area contributed by atoms with E-state index in [0.29, 0.717) is 18.2 Å². The summed E-state index contributed by atoms with van der Waals surface area (Å²) >= 11 is 0. The van der Waals surface area contributed by atoms with Crippen LogP contribution < -0.4 is 0 Å². The Kier molecular flexibility index (Phi) is 3.82. The largest absolute Gasteiger partial charge is 0.477 e. The average molecular weight is 313 g/mol. The van der Waals surface area contributed by atoms with E-state index in [1.165, 1.54) is 4.57 Å². The number of hydrogen-bond acceptors (Lipinski definition) is 4. The zero-order valence-electron chi connectivity index (χ0n) is 13.2. The van der Waals surface area contributed by atoms with Gasteiger partial charge in [0.25, 0.3) is 0 Å². The third-order valence-electron chi connectivity index (χ3n) is 4.37. The van der Waals surface area contributed by atoms with Gasteiger partial charge in [0.1, 0.15) is 17.9 Å². The van der Waals surface area contributed by atoms with Crippen molar-refractivity contribution in [3.8, 4) is 6.07 Å². The number of ether oxygens (including phenoxy) is 1. The molecule has 1 unspecified atom stereocenters. The third-order valence-corrected chi connectivity index (χ3v) is 4.37. The Hall–Kier alpha value is -2.39. The highest BCUT2D eigenvalue weighted by molar-refractivity contribution is 5.93. The van der Waals surface area contributed by atoms with Gasteiger partial charge < -0.3 is 14.4 Å². The van der Waals surface area contributed by atoms with Gasteiger partial charge in [0.2, 0.25) is 0 Å². The van der Waals surface area contributed by atoms with Gasteiger partial charge in [-0.05, 0) is 50.3 Å². The Labute approximate surface area is 134 Å². The summed E-state index contributed by atoms with van der Waals surface area (Å²) in [6, 6.07) is 5.58. The first-order valence-electron chi connectivity index (χ1n) is 7.65. The lowest BCUT2D eigenvalue weighted by Gasteiger charge is -2.35. The maximum atomic E-state index is 11.4. The fourth-order valence-electron chi connectivity index (χ4n) is 3.31. The number of nitriles is 1. The van der Waals surface area contributed by atoms with Crippen molar-refractivity contribution in [1.29, 1.82) is 5.26 Å². The number of aromatic nitrogens is 2. The van der Waals surface area contributed by atoms with Gasteiger partial charge >= 0.3 is 5.97 Å². The van der Waals surface area contributed by atoms with E-state index >= 15 is 0 Å². The maximum Gasteiger partial charge on any atom is 0.352 e. The number of nitrogens with zero attached hydrogens (tertiary/aromatic N) is 3. The number of pyridine rings is 1. The van der Waals surface area contributed by atoms with Gasteiger partial charge in [-0.25, -0.2) is 9.78 Å². The van der Waals surface area contributed by atoms with Gasteiger partial charge in [-0.3, -0.25) is 0 Å². The molecular formula is C17H19N3O3. The summed E-state index contributed by atoms with van der Waals surface area (Å²) in [6.07, 6.45) is 3.64. The highest BCUT2D eigenvalue weighted by Crippen LogP contribution is 2.36. The van der Waals surface area contributed by atoms with E-state index < -0.39 is 5.97 Å². The van der Waals surface area contributed by atoms with E-state index in [2.05, 4.69) is 18.8 Å². The topological polar surface area (TPSA) is 88.1 Å². The first-order valence-corrected chi connectivity index (χ1v) is 7.65. The summed E-state index contributed by atoms with van der Waals surface area (Å²) in [4.78, 5) is 15.8. The minimum absolute atomic E-state index is 0.0260. The number of carbonyl (C=O) groups is 1. The van der Waals surface area contributed by atoms with Crippen LogP contribution in [0.5, 0.6) is 0 Å². The summed E-state index contributed by atoms with van der Waals surface area (Å²) < 4.78 is 7.19. The molecule has 23 heavy (non-hydrogen) atoms. The van der Waals surface area contributed by atoms with Crippen LogP contribution in [0.4, 0.5) is 0 Å². The van der Waals surface area contributed by atoms with Crippen molar-refractivity contribution in [3.63, 3.8) is 0 Å². The Morgan fingerprint density at radius 1 is 1.57 bits per heavy atom. The maximum absolute atomic E-state index is 11.4.